The number of carbonyl (C=O) groups excluding carboxylic acids is 1. The van der Waals surface area contributed by atoms with Gasteiger partial charge in [-0.05, 0) is 44.9 Å². The molecule has 0 unspecified atom stereocenters. The molecule has 0 bridgehead atoms. The summed E-state index contributed by atoms with van der Waals surface area (Å²) in [6.07, 6.45) is 6.02. The lowest BCUT2D eigenvalue weighted by molar-refractivity contribution is 0.0650. The van der Waals surface area contributed by atoms with E-state index in [0.29, 0.717) is 28.9 Å². The van der Waals surface area contributed by atoms with Crippen LogP contribution >= 0.6 is 0 Å². The summed E-state index contributed by atoms with van der Waals surface area (Å²) in [7, 11) is 0. The smallest absolute Gasteiger partial charge is 0.258 e. The van der Waals surface area contributed by atoms with Gasteiger partial charge in [-0.1, -0.05) is 18.0 Å². The van der Waals surface area contributed by atoms with Crippen LogP contribution in [-0.4, -0.2) is 27.0 Å². The van der Waals surface area contributed by atoms with Crippen LogP contribution in [0.2, 0.25) is 0 Å². The number of pyridine rings is 1. The average molecular weight is 339 g/mol. The number of rotatable bonds is 4. The van der Waals surface area contributed by atoms with Gasteiger partial charge in [0, 0.05) is 11.7 Å². The van der Waals surface area contributed by atoms with Gasteiger partial charge in [0.1, 0.15) is 5.76 Å². The topological polar surface area (TPSA) is 72.4 Å². The Bertz CT molecular complexity index is 892. The predicted molar refractivity (Wildman–Crippen MR) is 92.1 cm³/mol. The number of carbonyl (C=O) groups is 1. The van der Waals surface area contributed by atoms with Gasteiger partial charge in [-0.15, -0.1) is 0 Å². The quantitative estimate of drug-likeness (QED) is 0.718. The molecule has 130 valence electrons. The molecule has 0 aromatic carbocycles. The van der Waals surface area contributed by atoms with Crippen molar-refractivity contribution in [2.45, 2.75) is 52.1 Å². The number of furan rings is 1. The highest BCUT2D eigenvalue weighted by Crippen LogP contribution is 2.29. The summed E-state index contributed by atoms with van der Waals surface area (Å²) in [6.45, 7) is 4.18. The molecule has 3 heterocycles. The molecule has 25 heavy (non-hydrogen) atoms. The fourth-order valence-electron chi connectivity index (χ4n) is 3.69. The molecule has 0 saturated heterocycles. The minimum atomic E-state index is -0.00917. The first-order chi connectivity index (χ1) is 12.1. The maximum Gasteiger partial charge on any atom is 0.258 e. The summed E-state index contributed by atoms with van der Waals surface area (Å²) >= 11 is 0. The molecule has 6 heteroatoms. The van der Waals surface area contributed by atoms with Gasteiger partial charge in [0.2, 0.25) is 0 Å². The van der Waals surface area contributed by atoms with E-state index in [1.54, 1.807) is 6.26 Å². The molecule has 0 N–H and O–H groups in total. The second-order valence-corrected chi connectivity index (χ2v) is 6.71. The zero-order valence-electron chi connectivity index (χ0n) is 14.5. The van der Waals surface area contributed by atoms with Crippen LogP contribution in [0.5, 0.6) is 0 Å². The SMILES string of the molecule is Cc1cc(C(=O)N(Cc2ccco2)C2CCCC2)c2c(C)noc2n1. The molecule has 1 saturated carbocycles. The number of nitrogens with zero attached hydrogens (tertiary/aromatic N) is 3. The van der Waals surface area contributed by atoms with Crippen molar-refractivity contribution in [3.8, 4) is 0 Å². The van der Waals surface area contributed by atoms with Crippen molar-refractivity contribution < 1.29 is 13.7 Å². The highest BCUT2D eigenvalue weighted by atomic mass is 16.5. The van der Waals surface area contributed by atoms with Gasteiger partial charge in [0.25, 0.3) is 11.6 Å². The van der Waals surface area contributed by atoms with E-state index >= 15 is 0 Å². The zero-order valence-corrected chi connectivity index (χ0v) is 14.5. The molecule has 1 aliphatic carbocycles. The Morgan fingerprint density at radius 2 is 2.12 bits per heavy atom. The average Bonchev–Trinajstić information content (AvgIpc) is 3.34. The van der Waals surface area contributed by atoms with Crippen LogP contribution in [0.15, 0.2) is 33.4 Å². The second kappa shape index (κ2) is 6.35. The van der Waals surface area contributed by atoms with E-state index in [-0.39, 0.29) is 11.9 Å². The van der Waals surface area contributed by atoms with E-state index in [0.717, 1.165) is 37.1 Å². The highest BCUT2D eigenvalue weighted by molar-refractivity contribution is 6.06. The summed E-state index contributed by atoms with van der Waals surface area (Å²) in [5, 5.41) is 4.69. The Labute approximate surface area is 145 Å². The maximum atomic E-state index is 13.5. The van der Waals surface area contributed by atoms with Crippen molar-refractivity contribution >= 4 is 17.0 Å². The normalized spacial score (nSPS) is 15.1. The van der Waals surface area contributed by atoms with E-state index in [1.165, 1.54) is 0 Å². The van der Waals surface area contributed by atoms with Gasteiger partial charge >= 0.3 is 0 Å². The maximum absolute atomic E-state index is 13.5. The first kappa shape index (κ1) is 15.9. The molecule has 0 atom stereocenters. The van der Waals surface area contributed by atoms with Gasteiger partial charge in [-0.25, -0.2) is 4.98 Å². The highest BCUT2D eigenvalue weighted by Gasteiger charge is 2.30. The number of fused-ring (bicyclic) bond motifs is 1. The molecule has 6 nitrogen and oxygen atoms in total. The monoisotopic (exact) mass is 339 g/mol. The number of aromatic nitrogens is 2. The third-order valence-electron chi connectivity index (χ3n) is 4.91. The lowest BCUT2D eigenvalue weighted by Gasteiger charge is -2.28. The van der Waals surface area contributed by atoms with Crippen LogP contribution in [0.25, 0.3) is 11.1 Å². The fourth-order valence-corrected chi connectivity index (χ4v) is 3.69. The van der Waals surface area contributed by atoms with E-state index in [2.05, 4.69) is 10.1 Å². The molecule has 3 aromatic rings. The summed E-state index contributed by atoms with van der Waals surface area (Å²) in [6, 6.07) is 5.83. The minimum Gasteiger partial charge on any atom is -0.467 e. The zero-order chi connectivity index (χ0) is 17.4. The number of hydrogen-bond donors (Lipinski definition) is 0. The van der Waals surface area contributed by atoms with Gasteiger partial charge in [-0.3, -0.25) is 4.79 Å². The Morgan fingerprint density at radius 3 is 2.84 bits per heavy atom. The van der Waals surface area contributed by atoms with Crippen molar-refractivity contribution in [2.75, 3.05) is 0 Å². The molecule has 0 spiro atoms. The second-order valence-electron chi connectivity index (χ2n) is 6.71. The van der Waals surface area contributed by atoms with Crippen molar-refractivity contribution in [1.29, 1.82) is 0 Å². The van der Waals surface area contributed by atoms with Gasteiger partial charge < -0.3 is 13.8 Å². The van der Waals surface area contributed by atoms with Gasteiger partial charge in [-0.2, -0.15) is 0 Å². The predicted octanol–water partition coefficient (Wildman–Crippen LogP) is 4.02. The Morgan fingerprint density at radius 1 is 1.32 bits per heavy atom. The van der Waals surface area contributed by atoms with Crippen LogP contribution < -0.4 is 0 Å². The van der Waals surface area contributed by atoms with E-state index < -0.39 is 0 Å². The van der Waals surface area contributed by atoms with Gasteiger partial charge in [0.05, 0.1) is 29.5 Å². The van der Waals surface area contributed by atoms with Crippen molar-refractivity contribution in [1.82, 2.24) is 15.0 Å². The van der Waals surface area contributed by atoms with Crippen molar-refractivity contribution in [2.24, 2.45) is 0 Å². The number of amides is 1. The number of aryl methyl sites for hydroxylation is 2. The summed E-state index contributed by atoms with van der Waals surface area (Å²) in [4.78, 5) is 19.8. The molecule has 0 radical (unpaired) electrons. The fraction of sp³-hybridized carbons (Fsp3) is 0.421. The van der Waals surface area contributed by atoms with Crippen LogP contribution in [0.4, 0.5) is 0 Å². The standard InChI is InChI=1S/C19H21N3O3/c1-12-10-16(17-13(2)21-25-18(17)20-12)19(23)22(14-6-3-4-7-14)11-15-8-5-9-24-15/h5,8-10,14H,3-4,6-7,11H2,1-2H3. The van der Waals surface area contributed by atoms with E-state index in [1.807, 2.05) is 36.9 Å². The molecule has 1 aliphatic rings. The molecule has 1 amide bonds. The molecule has 4 rings (SSSR count). The molecular weight excluding hydrogens is 318 g/mol. The number of hydrogen-bond acceptors (Lipinski definition) is 5. The Hall–Kier alpha value is -2.63. The van der Waals surface area contributed by atoms with Crippen molar-refractivity contribution in [3.05, 3.63) is 47.2 Å². The lowest BCUT2D eigenvalue weighted by atomic mass is 10.1. The van der Waals surface area contributed by atoms with Crippen LogP contribution in [-0.2, 0) is 6.54 Å². The molecule has 1 fully saturated rings. The minimum absolute atomic E-state index is 0.00917. The third kappa shape index (κ3) is 2.92. The Balaban J connectivity index is 1.76. The van der Waals surface area contributed by atoms with E-state index in [9.17, 15) is 4.79 Å². The summed E-state index contributed by atoms with van der Waals surface area (Å²) in [5.74, 6) is 0.786. The third-order valence-corrected chi connectivity index (χ3v) is 4.91. The Kier molecular flexibility index (Phi) is 4.03. The molecule has 0 aliphatic heterocycles. The first-order valence-electron chi connectivity index (χ1n) is 8.70. The van der Waals surface area contributed by atoms with Crippen LogP contribution in [0.3, 0.4) is 0 Å². The largest absolute Gasteiger partial charge is 0.467 e. The molecular formula is C19H21N3O3. The summed E-state index contributed by atoms with van der Waals surface area (Å²) in [5.41, 5.74) is 2.47. The van der Waals surface area contributed by atoms with Crippen LogP contribution in [0.1, 0.15) is 53.2 Å². The van der Waals surface area contributed by atoms with E-state index in [4.69, 9.17) is 8.94 Å². The van der Waals surface area contributed by atoms with Crippen LogP contribution in [0, 0.1) is 13.8 Å². The van der Waals surface area contributed by atoms with Gasteiger partial charge in [0.15, 0.2) is 0 Å². The van der Waals surface area contributed by atoms with Crippen molar-refractivity contribution in [3.63, 3.8) is 0 Å². The molecule has 3 aromatic heterocycles. The first-order valence-corrected chi connectivity index (χ1v) is 8.70. The summed E-state index contributed by atoms with van der Waals surface area (Å²) < 4.78 is 10.8. The lowest BCUT2D eigenvalue weighted by Crippen LogP contribution is -2.38.